The minimum Gasteiger partial charge on any atom is -0.345 e. The Morgan fingerprint density at radius 2 is 1.72 bits per heavy atom. The second-order valence-electron chi connectivity index (χ2n) is 7.66. The summed E-state index contributed by atoms with van der Waals surface area (Å²) in [5.74, 6) is -0.646. The first-order valence-electron chi connectivity index (χ1n) is 10.1. The summed E-state index contributed by atoms with van der Waals surface area (Å²) in [6.07, 6.45) is 0.0789. The highest BCUT2D eigenvalue weighted by Gasteiger charge is 2.44. The van der Waals surface area contributed by atoms with Gasteiger partial charge in [-0.25, -0.2) is 12.7 Å². The van der Waals surface area contributed by atoms with E-state index in [2.05, 4.69) is 15.5 Å². The number of hydrogen-bond acceptors (Lipinski definition) is 7. The number of nitrogens with one attached hydrogen (secondary N) is 1. The second kappa shape index (κ2) is 8.54. The topological polar surface area (TPSA) is 122 Å². The van der Waals surface area contributed by atoms with Crippen LogP contribution in [0.3, 0.4) is 0 Å². The van der Waals surface area contributed by atoms with Crippen LogP contribution in [0.4, 0.5) is 0 Å². The molecule has 1 fully saturated rings. The molecule has 1 unspecified atom stereocenters. The van der Waals surface area contributed by atoms with Crippen molar-refractivity contribution in [2.45, 2.75) is 44.2 Å². The third kappa shape index (κ3) is 4.26. The molecule has 32 heavy (non-hydrogen) atoms. The van der Waals surface area contributed by atoms with Gasteiger partial charge in [0.15, 0.2) is 0 Å². The Kier molecular flexibility index (Phi) is 5.79. The number of carbonyl (C=O) groups is 2. The molecular formula is C22H22N4O5S. The average Bonchev–Trinajstić information content (AvgIpc) is 3.40. The van der Waals surface area contributed by atoms with Crippen LogP contribution >= 0.6 is 0 Å². The van der Waals surface area contributed by atoms with Crippen molar-refractivity contribution in [2.75, 3.05) is 0 Å². The van der Waals surface area contributed by atoms with Gasteiger partial charge < -0.3 is 9.84 Å². The molecule has 1 aliphatic rings. The van der Waals surface area contributed by atoms with Gasteiger partial charge in [-0.15, -0.1) is 0 Å². The van der Waals surface area contributed by atoms with Gasteiger partial charge in [0.1, 0.15) is 6.04 Å². The molecule has 1 aliphatic heterocycles. The lowest BCUT2D eigenvalue weighted by atomic mass is 10.1. The maximum atomic E-state index is 13.0. The van der Waals surface area contributed by atoms with Gasteiger partial charge in [-0.1, -0.05) is 52.7 Å². The molecule has 0 spiro atoms. The highest BCUT2D eigenvalue weighted by atomic mass is 32.2. The summed E-state index contributed by atoms with van der Waals surface area (Å²) in [6, 6.07) is 12.6. The Bertz CT molecular complexity index is 1250. The Hall–Kier alpha value is -3.53. The molecule has 10 heteroatoms. The van der Waals surface area contributed by atoms with E-state index in [1.165, 1.54) is 12.1 Å². The summed E-state index contributed by atoms with van der Waals surface area (Å²) in [7, 11) is -4.15. The Balaban J connectivity index is 1.46. The summed E-state index contributed by atoms with van der Waals surface area (Å²) in [6.45, 7) is 3.72. The van der Waals surface area contributed by atoms with E-state index in [1.54, 1.807) is 12.1 Å². The maximum Gasteiger partial charge on any atom is 0.267 e. The molecule has 4 rings (SSSR count). The molecule has 0 saturated carbocycles. The van der Waals surface area contributed by atoms with E-state index in [9.17, 15) is 18.0 Å². The number of aryl methyl sites for hydroxylation is 2. The lowest BCUT2D eigenvalue weighted by Gasteiger charge is -2.23. The molecule has 9 nitrogen and oxygen atoms in total. The van der Waals surface area contributed by atoms with Gasteiger partial charge in [0, 0.05) is 12.0 Å². The fourth-order valence-corrected chi connectivity index (χ4v) is 5.05. The van der Waals surface area contributed by atoms with Gasteiger partial charge in [-0.3, -0.25) is 9.59 Å². The lowest BCUT2D eigenvalue weighted by Crippen LogP contribution is -2.47. The second-order valence-corrected chi connectivity index (χ2v) is 9.47. The smallest absolute Gasteiger partial charge is 0.267 e. The van der Waals surface area contributed by atoms with Gasteiger partial charge in [0.2, 0.25) is 23.5 Å². The molecule has 0 radical (unpaired) electrons. The van der Waals surface area contributed by atoms with E-state index < -0.39 is 27.9 Å². The standard InChI is InChI=1S/C22H22N4O5S/c1-14-3-7-16(8-4-14)21-24-19(31-25-21)13-23-22(28)18-11-12-20(27)26(18)32(29,30)17-9-5-15(2)6-10-17/h3-10,18H,11-13H2,1-2H3,(H,23,28). The quantitative estimate of drug-likeness (QED) is 0.606. The number of aromatic nitrogens is 2. The highest BCUT2D eigenvalue weighted by Crippen LogP contribution is 2.27. The van der Waals surface area contributed by atoms with Gasteiger partial charge in [0.05, 0.1) is 11.4 Å². The van der Waals surface area contributed by atoms with Crippen LogP contribution in [0.5, 0.6) is 0 Å². The van der Waals surface area contributed by atoms with E-state index in [4.69, 9.17) is 4.52 Å². The monoisotopic (exact) mass is 454 g/mol. The van der Waals surface area contributed by atoms with Crippen LogP contribution in [0, 0.1) is 13.8 Å². The van der Waals surface area contributed by atoms with Gasteiger partial charge in [-0.05, 0) is 32.4 Å². The first-order valence-corrected chi connectivity index (χ1v) is 11.5. The van der Waals surface area contributed by atoms with Gasteiger partial charge >= 0.3 is 0 Å². The van der Waals surface area contributed by atoms with Crippen LogP contribution in [-0.2, 0) is 26.2 Å². The summed E-state index contributed by atoms with van der Waals surface area (Å²) in [4.78, 5) is 29.3. The number of carbonyl (C=O) groups excluding carboxylic acids is 2. The number of amides is 2. The van der Waals surface area contributed by atoms with Gasteiger partial charge in [0.25, 0.3) is 10.0 Å². The van der Waals surface area contributed by atoms with Crippen molar-refractivity contribution < 1.29 is 22.5 Å². The minimum atomic E-state index is -4.15. The van der Waals surface area contributed by atoms with Crippen molar-refractivity contribution in [3.05, 3.63) is 65.5 Å². The normalized spacial score (nSPS) is 16.4. The molecule has 0 aliphatic carbocycles. The van der Waals surface area contributed by atoms with Crippen molar-refractivity contribution in [2.24, 2.45) is 0 Å². The molecule has 0 bridgehead atoms. The molecule has 1 aromatic heterocycles. The molecule has 1 saturated heterocycles. The maximum absolute atomic E-state index is 13.0. The summed E-state index contributed by atoms with van der Waals surface area (Å²) in [5.41, 5.74) is 2.75. The Morgan fingerprint density at radius 3 is 2.38 bits per heavy atom. The summed E-state index contributed by atoms with van der Waals surface area (Å²) >= 11 is 0. The fourth-order valence-electron chi connectivity index (χ4n) is 3.45. The molecular weight excluding hydrogens is 432 g/mol. The number of hydrogen-bond donors (Lipinski definition) is 1. The van der Waals surface area contributed by atoms with Crippen molar-refractivity contribution >= 4 is 21.8 Å². The lowest BCUT2D eigenvalue weighted by molar-refractivity contribution is -0.130. The third-order valence-corrected chi connectivity index (χ3v) is 7.08. The Labute approximate surface area is 185 Å². The molecule has 166 valence electrons. The molecule has 2 heterocycles. The van der Waals surface area contributed by atoms with Crippen molar-refractivity contribution in [1.29, 1.82) is 0 Å². The Morgan fingerprint density at radius 1 is 1.09 bits per heavy atom. The predicted molar refractivity (Wildman–Crippen MR) is 115 cm³/mol. The summed E-state index contributed by atoms with van der Waals surface area (Å²) in [5, 5.41) is 6.51. The van der Waals surface area contributed by atoms with Crippen LogP contribution in [0.2, 0.25) is 0 Å². The number of nitrogens with zero attached hydrogens (tertiary/aromatic N) is 3. The van der Waals surface area contributed by atoms with E-state index in [-0.39, 0.29) is 30.2 Å². The molecule has 1 N–H and O–H groups in total. The zero-order chi connectivity index (χ0) is 22.9. The number of rotatable bonds is 6. The molecule has 2 amide bonds. The van der Waals surface area contributed by atoms with E-state index in [1.807, 2.05) is 38.1 Å². The van der Waals surface area contributed by atoms with Crippen molar-refractivity contribution in [1.82, 2.24) is 19.8 Å². The van der Waals surface area contributed by atoms with Crippen LogP contribution in [-0.4, -0.2) is 40.7 Å². The first-order chi connectivity index (χ1) is 15.3. The van der Waals surface area contributed by atoms with E-state index in [0.29, 0.717) is 10.1 Å². The highest BCUT2D eigenvalue weighted by molar-refractivity contribution is 7.89. The van der Waals surface area contributed by atoms with Crippen molar-refractivity contribution in [3.8, 4) is 11.4 Å². The molecule has 3 aromatic rings. The molecule has 1 atom stereocenters. The van der Waals surface area contributed by atoms with E-state index in [0.717, 1.165) is 16.7 Å². The number of sulfonamides is 1. The third-order valence-electron chi connectivity index (χ3n) is 5.23. The van der Waals surface area contributed by atoms with Crippen LogP contribution in [0.25, 0.3) is 11.4 Å². The fraction of sp³-hybridized carbons (Fsp3) is 0.273. The molecule has 2 aromatic carbocycles. The zero-order valence-corrected chi connectivity index (χ0v) is 18.4. The SMILES string of the molecule is Cc1ccc(-c2noc(CNC(=O)C3CCC(=O)N3S(=O)(=O)c3ccc(C)cc3)n2)cc1. The average molecular weight is 455 g/mol. The minimum absolute atomic E-state index is 0.0265. The van der Waals surface area contributed by atoms with Crippen LogP contribution in [0.15, 0.2) is 57.9 Å². The van der Waals surface area contributed by atoms with Crippen LogP contribution < -0.4 is 5.32 Å². The number of benzene rings is 2. The first kappa shape index (κ1) is 21.7. The largest absolute Gasteiger partial charge is 0.345 e. The van der Waals surface area contributed by atoms with Crippen molar-refractivity contribution in [3.63, 3.8) is 0 Å². The van der Waals surface area contributed by atoms with E-state index >= 15 is 0 Å². The predicted octanol–water partition coefficient (Wildman–Crippen LogP) is 2.35. The van der Waals surface area contributed by atoms with Gasteiger partial charge in [-0.2, -0.15) is 4.98 Å². The van der Waals surface area contributed by atoms with Crippen LogP contribution in [0.1, 0.15) is 29.9 Å². The summed E-state index contributed by atoms with van der Waals surface area (Å²) < 4.78 is 31.9. The zero-order valence-electron chi connectivity index (χ0n) is 17.6.